The van der Waals surface area contributed by atoms with Crippen molar-refractivity contribution in [2.75, 3.05) is 26.2 Å². The van der Waals surface area contributed by atoms with Crippen molar-refractivity contribution in [3.8, 4) is 0 Å². The predicted molar refractivity (Wildman–Crippen MR) is 75.8 cm³/mol. The maximum absolute atomic E-state index is 6.09. The highest BCUT2D eigenvalue weighted by Gasteiger charge is 2.26. The first-order valence-corrected chi connectivity index (χ1v) is 7.61. The first kappa shape index (κ1) is 13.8. The zero-order valence-electron chi connectivity index (χ0n) is 9.66. The first-order chi connectivity index (χ1) is 8.11. The molecule has 1 aromatic rings. The molecule has 0 saturated carbocycles. The number of halogens is 2. The molecule has 96 valence electrons. The lowest BCUT2D eigenvalue weighted by Crippen LogP contribution is -2.44. The molecular weight excluding hydrogens is 324 g/mol. The number of hydrogen-bond acceptors (Lipinski definition) is 4. The van der Waals surface area contributed by atoms with Gasteiger partial charge in [-0.25, -0.2) is 0 Å². The van der Waals surface area contributed by atoms with Crippen molar-refractivity contribution < 1.29 is 4.74 Å². The van der Waals surface area contributed by atoms with E-state index in [1.54, 1.807) is 11.3 Å². The van der Waals surface area contributed by atoms with Crippen molar-refractivity contribution in [2.24, 2.45) is 5.73 Å². The summed E-state index contributed by atoms with van der Waals surface area (Å²) < 4.78 is 7.30. The van der Waals surface area contributed by atoms with E-state index in [4.69, 9.17) is 22.1 Å². The summed E-state index contributed by atoms with van der Waals surface area (Å²) in [6.07, 6.45) is 0.275. The van der Waals surface area contributed by atoms with Crippen LogP contribution < -0.4 is 5.73 Å². The second-order valence-corrected chi connectivity index (χ2v) is 6.74. The third-order valence-electron chi connectivity index (χ3n) is 2.93. The number of morpholine rings is 1. The van der Waals surface area contributed by atoms with Gasteiger partial charge in [-0.2, -0.15) is 0 Å². The predicted octanol–water partition coefficient (Wildman–Crippen LogP) is 2.88. The molecule has 0 aromatic carbocycles. The van der Waals surface area contributed by atoms with Gasteiger partial charge in [-0.05, 0) is 28.9 Å². The minimum Gasteiger partial charge on any atom is -0.376 e. The highest BCUT2D eigenvalue weighted by atomic mass is 79.9. The molecule has 2 rings (SSSR count). The van der Waals surface area contributed by atoms with Crippen LogP contribution in [0.1, 0.15) is 17.8 Å². The molecule has 6 heteroatoms. The zero-order valence-corrected chi connectivity index (χ0v) is 12.8. The SMILES string of the molecule is CC1CN(C(CN)c2cc(Br)c(Cl)s2)CCO1. The van der Waals surface area contributed by atoms with Crippen molar-refractivity contribution in [2.45, 2.75) is 19.1 Å². The summed E-state index contributed by atoms with van der Waals surface area (Å²) >= 11 is 11.1. The van der Waals surface area contributed by atoms with Crippen LogP contribution in [0.5, 0.6) is 0 Å². The minimum absolute atomic E-state index is 0.246. The van der Waals surface area contributed by atoms with Crippen LogP contribution in [0.15, 0.2) is 10.5 Å². The Labute approximate surface area is 119 Å². The quantitative estimate of drug-likeness (QED) is 0.920. The van der Waals surface area contributed by atoms with Crippen molar-refractivity contribution in [3.05, 3.63) is 19.8 Å². The average molecular weight is 340 g/mol. The first-order valence-electron chi connectivity index (χ1n) is 5.62. The second-order valence-electron chi connectivity index (χ2n) is 4.20. The third kappa shape index (κ3) is 3.22. The van der Waals surface area contributed by atoms with Crippen molar-refractivity contribution in [1.29, 1.82) is 0 Å². The van der Waals surface area contributed by atoms with Gasteiger partial charge in [0.15, 0.2) is 0 Å². The monoisotopic (exact) mass is 338 g/mol. The molecule has 2 heterocycles. The largest absolute Gasteiger partial charge is 0.376 e. The Bertz CT molecular complexity index is 368. The fourth-order valence-corrected chi connectivity index (χ4v) is 3.99. The Morgan fingerprint density at radius 1 is 1.76 bits per heavy atom. The third-order valence-corrected chi connectivity index (χ3v) is 5.51. The summed E-state index contributed by atoms with van der Waals surface area (Å²) in [4.78, 5) is 3.60. The van der Waals surface area contributed by atoms with E-state index in [1.165, 1.54) is 4.88 Å². The number of thiophene rings is 1. The molecule has 0 spiro atoms. The maximum atomic E-state index is 6.09. The fourth-order valence-electron chi connectivity index (χ4n) is 2.10. The van der Waals surface area contributed by atoms with E-state index in [1.807, 2.05) is 0 Å². The molecule has 2 N–H and O–H groups in total. The lowest BCUT2D eigenvalue weighted by Gasteiger charge is -2.36. The maximum Gasteiger partial charge on any atom is 0.107 e. The standard InChI is InChI=1S/C11H16BrClN2OS/c1-7-6-15(2-3-16-7)9(5-14)10-4-8(12)11(13)17-10/h4,7,9H,2-3,5-6,14H2,1H3. The van der Waals surface area contributed by atoms with E-state index in [9.17, 15) is 0 Å². The fraction of sp³-hybridized carbons (Fsp3) is 0.636. The highest BCUT2D eigenvalue weighted by Crippen LogP contribution is 2.37. The molecule has 0 amide bonds. The van der Waals surface area contributed by atoms with Crippen molar-refractivity contribution in [1.82, 2.24) is 4.90 Å². The van der Waals surface area contributed by atoms with E-state index >= 15 is 0 Å². The molecule has 1 aliphatic rings. The molecule has 1 fully saturated rings. The van der Waals surface area contributed by atoms with E-state index in [-0.39, 0.29) is 12.1 Å². The van der Waals surface area contributed by atoms with Gasteiger partial charge in [0.1, 0.15) is 4.34 Å². The smallest absolute Gasteiger partial charge is 0.107 e. The van der Waals surface area contributed by atoms with Gasteiger partial charge in [0.2, 0.25) is 0 Å². The Morgan fingerprint density at radius 2 is 2.53 bits per heavy atom. The average Bonchev–Trinajstić information content (AvgIpc) is 2.60. The molecule has 1 saturated heterocycles. The number of nitrogens with two attached hydrogens (primary N) is 1. The van der Waals surface area contributed by atoms with Gasteiger partial charge in [0.05, 0.1) is 18.8 Å². The van der Waals surface area contributed by atoms with Crippen LogP contribution in [-0.2, 0) is 4.74 Å². The van der Waals surface area contributed by atoms with Crippen LogP contribution in [-0.4, -0.2) is 37.2 Å². The highest BCUT2D eigenvalue weighted by molar-refractivity contribution is 9.10. The minimum atomic E-state index is 0.246. The van der Waals surface area contributed by atoms with Gasteiger partial charge in [-0.3, -0.25) is 4.90 Å². The lowest BCUT2D eigenvalue weighted by atomic mass is 10.1. The summed E-state index contributed by atoms with van der Waals surface area (Å²) in [5, 5.41) is 0. The Hall–Kier alpha value is 0.350. The van der Waals surface area contributed by atoms with Gasteiger partial charge in [-0.1, -0.05) is 11.6 Å². The molecule has 1 aromatic heterocycles. The Morgan fingerprint density at radius 3 is 3.06 bits per heavy atom. The van der Waals surface area contributed by atoms with Gasteiger partial charge >= 0.3 is 0 Å². The van der Waals surface area contributed by atoms with Gasteiger partial charge in [-0.15, -0.1) is 11.3 Å². The van der Waals surface area contributed by atoms with Gasteiger partial charge < -0.3 is 10.5 Å². The zero-order chi connectivity index (χ0) is 12.4. The normalized spacial score (nSPS) is 23.9. The number of rotatable bonds is 3. The van der Waals surface area contributed by atoms with Crippen LogP contribution in [0.4, 0.5) is 0 Å². The van der Waals surface area contributed by atoms with Crippen LogP contribution in [0.3, 0.4) is 0 Å². The van der Waals surface area contributed by atoms with E-state index in [0.717, 1.165) is 28.5 Å². The van der Waals surface area contributed by atoms with Crippen LogP contribution in [0.25, 0.3) is 0 Å². The van der Waals surface area contributed by atoms with Gasteiger partial charge in [0.25, 0.3) is 0 Å². The molecule has 0 radical (unpaired) electrons. The summed E-state index contributed by atoms with van der Waals surface area (Å²) in [5.74, 6) is 0. The van der Waals surface area contributed by atoms with Crippen LogP contribution in [0, 0.1) is 0 Å². The molecule has 2 unspecified atom stereocenters. The van der Waals surface area contributed by atoms with E-state index in [2.05, 4.69) is 33.8 Å². The molecule has 0 aliphatic carbocycles. The second kappa shape index (κ2) is 5.99. The van der Waals surface area contributed by atoms with Gasteiger partial charge in [0, 0.05) is 29.0 Å². The topological polar surface area (TPSA) is 38.5 Å². The van der Waals surface area contributed by atoms with Crippen molar-refractivity contribution in [3.63, 3.8) is 0 Å². The molecule has 3 nitrogen and oxygen atoms in total. The molecule has 0 bridgehead atoms. The Balaban J connectivity index is 2.15. The molecule has 17 heavy (non-hydrogen) atoms. The van der Waals surface area contributed by atoms with Crippen LogP contribution in [0.2, 0.25) is 4.34 Å². The summed E-state index contributed by atoms with van der Waals surface area (Å²) in [6, 6.07) is 2.32. The summed E-state index contributed by atoms with van der Waals surface area (Å²) in [5.41, 5.74) is 5.91. The number of ether oxygens (including phenoxy) is 1. The number of hydrogen-bond donors (Lipinski definition) is 1. The van der Waals surface area contributed by atoms with Crippen LogP contribution >= 0.6 is 38.9 Å². The van der Waals surface area contributed by atoms with E-state index < -0.39 is 0 Å². The lowest BCUT2D eigenvalue weighted by molar-refractivity contribution is -0.0328. The Kier molecular flexibility index (Phi) is 4.86. The number of nitrogens with zero attached hydrogens (tertiary/aromatic N) is 1. The van der Waals surface area contributed by atoms with Crippen molar-refractivity contribution >= 4 is 38.9 Å². The molecule has 2 atom stereocenters. The molecule has 1 aliphatic heterocycles. The summed E-state index contributed by atoms with van der Waals surface area (Å²) in [7, 11) is 0. The van der Waals surface area contributed by atoms with E-state index in [0.29, 0.717) is 6.54 Å². The molecular formula is C11H16BrClN2OS. The summed E-state index contributed by atoms with van der Waals surface area (Å²) in [6.45, 7) is 5.33.